The second-order valence-corrected chi connectivity index (χ2v) is 8.97. The van der Waals surface area contributed by atoms with Crippen molar-refractivity contribution in [1.82, 2.24) is 15.1 Å². The van der Waals surface area contributed by atoms with Gasteiger partial charge in [-0.25, -0.2) is 0 Å². The highest BCUT2D eigenvalue weighted by molar-refractivity contribution is 8.02. The van der Waals surface area contributed by atoms with E-state index in [-0.39, 0.29) is 11.2 Å². The number of carbonyl (C=O) groups excluding carboxylic acids is 1. The van der Waals surface area contributed by atoms with Crippen LogP contribution in [0, 0.1) is 0 Å². The van der Waals surface area contributed by atoms with Crippen LogP contribution in [0.3, 0.4) is 0 Å². The number of hydrogen-bond acceptors (Lipinski definition) is 6. The predicted molar refractivity (Wildman–Crippen MR) is 107 cm³/mol. The van der Waals surface area contributed by atoms with E-state index in [4.69, 9.17) is 0 Å². The third kappa shape index (κ3) is 5.18. The van der Waals surface area contributed by atoms with E-state index in [1.165, 1.54) is 28.7 Å². The molecule has 2 N–H and O–H groups in total. The van der Waals surface area contributed by atoms with Crippen LogP contribution in [0.15, 0.2) is 34.7 Å². The Bertz CT molecular complexity index is 701. The highest BCUT2D eigenvalue weighted by atomic mass is 32.2. The standard InChI is InChI=1S/C18H25N5OS2/c1-3-19-17-20-21-18(26-17)25-14(2)16(24)23-11-9-22(10-12-23)13-15-7-5-4-6-8-15/h4-8,14H,3,9-13H2,1-2H3,(H,19,20)/p+1/t14-/m0/s1. The van der Waals surface area contributed by atoms with Gasteiger partial charge < -0.3 is 15.1 Å². The predicted octanol–water partition coefficient (Wildman–Crippen LogP) is 1.38. The maximum Gasteiger partial charge on any atom is 0.236 e. The lowest BCUT2D eigenvalue weighted by Crippen LogP contribution is -3.13. The van der Waals surface area contributed by atoms with Crippen molar-refractivity contribution in [1.29, 1.82) is 0 Å². The summed E-state index contributed by atoms with van der Waals surface area (Å²) in [6.07, 6.45) is 0. The minimum atomic E-state index is -0.131. The van der Waals surface area contributed by atoms with Gasteiger partial charge in [0.25, 0.3) is 0 Å². The molecule has 0 spiro atoms. The van der Waals surface area contributed by atoms with Gasteiger partial charge in [-0.15, -0.1) is 10.2 Å². The molecule has 1 aliphatic rings. The van der Waals surface area contributed by atoms with E-state index >= 15 is 0 Å². The lowest BCUT2D eigenvalue weighted by Gasteiger charge is -2.33. The number of carbonyl (C=O) groups is 1. The van der Waals surface area contributed by atoms with Gasteiger partial charge in [0, 0.05) is 12.1 Å². The first-order valence-corrected chi connectivity index (χ1v) is 10.8. The first-order chi connectivity index (χ1) is 12.7. The molecule has 0 saturated carbocycles. The molecule has 1 atom stereocenters. The molecule has 140 valence electrons. The van der Waals surface area contributed by atoms with E-state index < -0.39 is 0 Å². The van der Waals surface area contributed by atoms with E-state index in [1.807, 2.05) is 24.8 Å². The summed E-state index contributed by atoms with van der Waals surface area (Å²) in [5.41, 5.74) is 1.36. The highest BCUT2D eigenvalue weighted by Crippen LogP contribution is 2.29. The number of thioether (sulfide) groups is 1. The third-order valence-corrected chi connectivity index (χ3v) is 6.49. The number of quaternary nitrogens is 1. The average molecular weight is 393 g/mol. The molecule has 0 aliphatic carbocycles. The molecule has 26 heavy (non-hydrogen) atoms. The van der Waals surface area contributed by atoms with Gasteiger partial charge in [-0.3, -0.25) is 4.79 Å². The maximum atomic E-state index is 12.7. The number of hydrogen-bond donors (Lipinski definition) is 2. The number of benzene rings is 1. The minimum Gasteiger partial charge on any atom is -0.360 e. The minimum absolute atomic E-state index is 0.131. The van der Waals surface area contributed by atoms with Crippen molar-refractivity contribution in [3.05, 3.63) is 35.9 Å². The molecule has 1 saturated heterocycles. The summed E-state index contributed by atoms with van der Waals surface area (Å²) in [4.78, 5) is 16.3. The fraction of sp³-hybridized carbons (Fsp3) is 0.500. The van der Waals surface area contributed by atoms with Gasteiger partial charge in [-0.2, -0.15) is 0 Å². The molecular weight excluding hydrogens is 366 g/mol. The second kappa shape index (κ2) is 9.34. The fourth-order valence-corrected chi connectivity index (χ4v) is 5.09. The number of nitrogens with one attached hydrogen (secondary N) is 2. The molecule has 2 heterocycles. The summed E-state index contributed by atoms with van der Waals surface area (Å²) < 4.78 is 0.843. The van der Waals surface area contributed by atoms with Gasteiger partial charge in [0.15, 0.2) is 4.34 Å². The number of amides is 1. The van der Waals surface area contributed by atoms with Gasteiger partial charge in [0.2, 0.25) is 11.0 Å². The molecule has 1 aromatic heterocycles. The summed E-state index contributed by atoms with van der Waals surface area (Å²) in [6, 6.07) is 10.6. The Labute approximate surface area is 163 Å². The van der Waals surface area contributed by atoms with E-state index in [9.17, 15) is 4.79 Å². The molecule has 1 aliphatic heterocycles. The molecule has 1 aromatic carbocycles. The molecule has 0 bridgehead atoms. The number of rotatable bonds is 7. The van der Waals surface area contributed by atoms with Crippen molar-refractivity contribution in [3.8, 4) is 0 Å². The van der Waals surface area contributed by atoms with Crippen LogP contribution in [0.4, 0.5) is 5.13 Å². The number of piperazine rings is 1. The Morgan fingerprint density at radius 3 is 2.73 bits per heavy atom. The summed E-state index contributed by atoms with van der Waals surface area (Å²) >= 11 is 3.01. The molecule has 6 nitrogen and oxygen atoms in total. The number of anilines is 1. The van der Waals surface area contributed by atoms with Gasteiger partial charge in [-0.1, -0.05) is 53.4 Å². The molecule has 0 radical (unpaired) electrons. The topological polar surface area (TPSA) is 62.6 Å². The first kappa shape index (κ1) is 19.1. The van der Waals surface area contributed by atoms with Gasteiger partial charge in [0.05, 0.1) is 31.4 Å². The molecule has 3 rings (SSSR count). The van der Waals surface area contributed by atoms with Crippen LogP contribution in [0.1, 0.15) is 19.4 Å². The van der Waals surface area contributed by atoms with Crippen LogP contribution >= 0.6 is 23.1 Å². The largest absolute Gasteiger partial charge is 0.360 e. The van der Waals surface area contributed by atoms with Crippen molar-refractivity contribution in [3.63, 3.8) is 0 Å². The van der Waals surface area contributed by atoms with E-state index in [0.29, 0.717) is 0 Å². The average Bonchev–Trinajstić information content (AvgIpc) is 3.10. The van der Waals surface area contributed by atoms with Crippen LogP contribution in [-0.2, 0) is 11.3 Å². The van der Waals surface area contributed by atoms with Gasteiger partial charge >= 0.3 is 0 Å². The van der Waals surface area contributed by atoms with Crippen LogP contribution in [0.25, 0.3) is 0 Å². The SMILES string of the molecule is CCNc1nnc(S[C@@H](C)C(=O)N2CC[NH+](Cc3ccccc3)CC2)s1. The lowest BCUT2D eigenvalue weighted by atomic mass is 10.2. The summed E-state index contributed by atoms with van der Waals surface area (Å²) in [5, 5.41) is 12.1. The van der Waals surface area contributed by atoms with Crippen molar-refractivity contribution in [2.75, 3.05) is 38.0 Å². The Kier molecular flexibility index (Phi) is 6.87. The molecule has 1 fully saturated rings. The van der Waals surface area contributed by atoms with Crippen molar-refractivity contribution in [2.24, 2.45) is 0 Å². The lowest BCUT2D eigenvalue weighted by molar-refractivity contribution is -0.917. The third-order valence-electron chi connectivity index (χ3n) is 4.44. The van der Waals surface area contributed by atoms with Crippen LogP contribution in [-0.4, -0.2) is 59.0 Å². The van der Waals surface area contributed by atoms with E-state index in [2.05, 4.69) is 39.8 Å². The number of nitrogens with zero attached hydrogens (tertiary/aromatic N) is 3. The van der Waals surface area contributed by atoms with Crippen molar-refractivity contribution < 1.29 is 9.69 Å². The van der Waals surface area contributed by atoms with E-state index in [1.54, 1.807) is 4.90 Å². The van der Waals surface area contributed by atoms with Crippen LogP contribution in [0.5, 0.6) is 0 Å². The summed E-state index contributed by atoms with van der Waals surface area (Å²) in [6.45, 7) is 9.50. The van der Waals surface area contributed by atoms with Gasteiger partial charge in [-0.05, 0) is 13.8 Å². The van der Waals surface area contributed by atoms with Crippen molar-refractivity contribution >= 4 is 34.1 Å². The first-order valence-electron chi connectivity index (χ1n) is 9.06. The van der Waals surface area contributed by atoms with Crippen LogP contribution < -0.4 is 10.2 Å². The Hall–Kier alpha value is -1.64. The molecule has 2 aromatic rings. The van der Waals surface area contributed by atoms with Crippen LogP contribution in [0.2, 0.25) is 0 Å². The molecule has 0 unspecified atom stereocenters. The molecule has 8 heteroatoms. The quantitative estimate of drug-likeness (QED) is 0.697. The summed E-state index contributed by atoms with van der Waals surface area (Å²) in [5.74, 6) is 0.203. The zero-order valence-electron chi connectivity index (χ0n) is 15.3. The maximum absolute atomic E-state index is 12.7. The molecular formula is C18H26N5OS2+. The smallest absolute Gasteiger partial charge is 0.236 e. The highest BCUT2D eigenvalue weighted by Gasteiger charge is 2.28. The fourth-order valence-electron chi connectivity index (χ4n) is 3.04. The van der Waals surface area contributed by atoms with E-state index in [0.717, 1.165) is 48.7 Å². The monoisotopic (exact) mass is 392 g/mol. The zero-order chi connectivity index (χ0) is 18.4. The Balaban J connectivity index is 1.46. The second-order valence-electron chi connectivity index (χ2n) is 6.40. The molecule has 1 amide bonds. The Morgan fingerprint density at radius 2 is 2.04 bits per heavy atom. The Morgan fingerprint density at radius 1 is 1.31 bits per heavy atom. The summed E-state index contributed by atoms with van der Waals surface area (Å²) in [7, 11) is 0. The van der Waals surface area contributed by atoms with Gasteiger partial charge in [0.1, 0.15) is 6.54 Å². The zero-order valence-corrected chi connectivity index (χ0v) is 16.9. The van der Waals surface area contributed by atoms with Crippen molar-refractivity contribution in [2.45, 2.75) is 30.0 Å². The number of aromatic nitrogens is 2. The normalized spacial score (nSPS) is 16.5.